The van der Waals surface area contributed by atoms with Crippen molar-refractivity contribution in [3.63, 3.8) is 0 Å². The Morgan fingerprint density at radius 1 is 0.926 bits per heavy atom. The van der Waals surface area contributed by atoms with Gasteiger partial charge in [-0.05, 0) is 39.0 Å². The summed E-state index contributed by atoms with van der Waals surface area (Å²) in [5, 5.41) is 5.50. The highest BCUT2D eigenvalue weighted by Crippen LogP contribution is 2.28. The van der Waals surface area contributed by atoms with Crippen LogP contribution in [-0.2, 0) is 19.1 Å². The summed E-state index contributed by atoms with van der Waals surface area (Å²) in [6.07, 6.45) is 3.73. The Morgan fingerprint density at radius 2 is 1.48 bits per heavy atom. The SMILES string of the molecule is CC(=O)OC(NC(=O)C(NC(=O)OC(C)(C)C)C(C)(C)C)C1CCCCC1. The van der Waals surface area contributed by atoms with E-state index in [4.69, 9.17) is 9.47 Å². The molecule has 1 saturated carbocycles. The predicted molar refractivity (Wildman–Crippen MR) is 103 cm³/mol. The molecule has 0 aromatic carbocycles. The van der Waals surface area contributed by atoms with E-state index in [1.807, 2.05) is 20.8 Å². The molecule has 2 N–H and O–H groups in total. The zero-order valence-corrected chi connectivity index (χ0v) is 17.8. The van der Waals surface area contributed by atoms with E-state index in [0.29, 0.717) is 0 Å². The fourth-order valence-corrected chi connectivity index (χ4v) is 3.18. The van der Waals surface area contributed by atoms with Gasteiger partial charge in [0.1, 0.15) is 11.6 Å². The normalized spacial score (nSPS) is 18.2. The van der Waals surface area contributed by atoms with Crippen LogP contribution in [-0.4, -0.2) is 35.8 Å². The van der Waals surface area contributed by atoms with Crippen molar-refractivity contribution in [1.82, 2.24) is 10.6 Å². The van der Waals surface area contributed by atoms with Crippen LogP contribution in [0.2, 0.25) is 0 Å². The van der Waals surface area contributed by atoms with Gasteiger partial charge in [0.05, 0.1) is 0 Å². The molecule has 1 aliphatic rings. The maximum absolute atomic E-state index is 13.0. The minimum atomic E-state index is -0.825. The summed E-state index contributed by atoms with van der Waals surface area (Å²) in [6.45, 7) is 12.2. The van der Waals surface area contributed by atoms with Crippen molar-refractivity contribution in [2.24, 2.45) is 11.3 Å². The summed E-state index contributed by atoms with van der Waals surface area (Å²) in [6, 6.07) is -0.825. The van der Waals surface area contributed by atoms with Crippen molar-refractivity contribution in [2.75, 3.05) is 0 Å². The zero-order valence-electron chi connectivity index (χ0n) is 17.8. The molecule has 27 heavy (non-hydrogen) atoms. The van der Waals surface area contributed by atoms with E-state index in [1.54, 1.807) is 20.8 Å². The molecule has 0 aromatic heterocycles. The van der Waals surface area contributed by atoms with Crippen LogP contribution in [0.25, 0.3) is 0 Å². The fraction of sp³-hybridized carbons (Fsp3) is 0.850. The largest absolute Gasteiger partial charge is 0.444 e. The number of nitrogens with one attached hydrogen (secondary N) is 2. The Bertz CT molecular complexity index is 527. The third kappa shape index (κ3) is 8.63. The lowest BCUT2D eigenvalue weighted by Gasteiger charge is -2.35. The van der Waals surface area contributed by atoms with Gasteiger partial charge in [0.25, 0.3) is 0 Å². The number of alkyl carbamates (subject to hydrolysis) is 1. The average molecular weight is 385 g/mol. The van der Waals surface area contributed by atoms with E-state index >= 15 is 0 Å². The second-order valence-electron chi connectivity index (χ2n) is 9.38. The Morgan fingerprint density at radius 3 is 1.93 bits per heavy atom. The Kier molecular flexibility index (Phi) is 8.11. The van der Waals surface area contributed by atoms with Crippen LogP contribution < -0.4 is 10.6 Å². The number of hydrogen-bond donors (Lipinski definition) is 2. The molecule has 0 radical (unpaired) electrons. The number of hydrogen-bond acceptors (Lipinski definition) is 5. The maximum atomic E-state index is 13.0. The summed E-state index contributed by atoms with van der Waals surface area (Å²) in [5.74, 6) is -0.725. The fourth-order valence-electron chi connectivity index (χ4n) is 3.18. The van der Waals surface area contributed by atoms with E-state index in [2.05, 4.69) is 10.6 Å². The first-order valence-corrected chi connectivity index (χ1v) is 9.76. The van der Waals surface area contributed by atoms with Gasteiger partial charge in [-0.25, -0.2) is 4.79 Å². The van der Waals surface area contributed by atoms with Crippen molar-refractivity contribution >= 4 is 18.0 Å². The van der Waals surface area contributed by atoms with Crippen LogP contribution in [0.5, 0.6) is 0 Å². The van der Waals surface area contributed by atoms with Crippen molar-refractivity contribution in [3.8, 4) is 0 Å². The molecule has 7 heteroatoms. The molecule has 156 valence electrons. The first-order chi connectivity index (χ1) is 12.3. The van der Waals surface area contributed by atoms with E-state index in [9.17, 15) is 14.4 Å². The van der Waals surface area contributed by atoms with Gasteiger partial charge >= 0.3 is 12.1 Å². The van der Waals surface area contributed by atoms with Crippen molar-refractivity contribution in [1.29, 1.82) is 0 Å². The standard InChI is InChI=1S/C20H36N2O5/c1-13(23)26-17(14-11-9-8-10-12-14)22-16(24)15(19(2,3)4)21-18(25)27-20(5,6)7/h14-15,17H,8-12H2,1-7H3,(H,21,25)(H,22,24). The lowest BCUT2D eigenvalue weighted by atomic mass is 9.85. The second kappa shape index (κ2) is 9.42. The van der Waals surface area contributed by atoms with Crippen LogP contribution in [0.15, 0.2) is 0 Å². The summed E-state index contributed by atoms with van der Waals surface area (Å²) >= 11 is 0. The van der Waals surface area contributed by atoms with Gasteiger partial charge in [0.2, 0.25) is 5.91 Å². The molecular formula is C20H36N2O5. The van der Waals surface area contributed by atoms with Gasteiger partial charge in [-0.2, -0.15) is 0 Å². The second-order valence-corrected chi connectivity index (χ2v) is 9.38. The molecular weight excluding hydrogens is 348 g/mol. The van der Waals surface area contributed by atoms with Gasteiger partial charge in [0, 0.05) is 12.8 Å². The quantitative estimate of drug-likeness (QED) is 0.559. The molecule has 0 bridgehead atoms. The minimum absolute atomic E-state index is 0.0914. The van der Waals surface area contributed by atoms with Crippen LogP contribution in [0.3, 0.4) is 0 Å². The van der Waals surface area contributed by atoms with Crippen molar-refractivity contribution in [2.45, 2.75) is 98.4 Å². The number of esters is 1. The first kappa shape index (κ1) is 23.2. The lowest BCUT2D eigenvalue weighted by Crippen LogP contribution is -2.57. The zero-order chi connectivity index (χ0) is 20.8. The molecule has 0 heterocycles. The molecule has 0 spiro atoms. The Balaban J connectivity index is 2.88. The van der Waals surface area contributed by atoms with Crippen LogP contribution in [0.1, 0.15) is 80.6 Å². The highest BCUT2D eigenvalue weighted by molar-refractivity contribution is 5.86. The number of carbonyl (C=O) groups excluding carboxylic acids is 3. The van der Waals surface area contributed by atoms with E-state index in [-0.39, 0.29) is 11.8 Å². The third-order valence-corrected chi connectivity index (χ3v) is 4.44. The summed E-state index contributed by atoms with van der Waals surface area (Å²) in [5.41, 5.74) is -1.21. The number of rotatable bonds is 5. The predicted octanol–water partition coefficient (Wildman–Crippen LogP) is 3.51. The molecule has 0 saturated heterocycles. The molecule has 1 aliphatic carbocycles. The monoisotopic (exact) mass is 384 g/mol. The highest BCUT2D eigenvalue weighted by Gasteiger charge is 2.37. The van der Waals surface area contributed by atoms with Crippen LogP contribution in [0.4, 0.5) is 4.79 Å². The molecule has 7 nitrogen and oxygen atoms in total. The topological polar surface area (TPSA) is 93.7 Å². The molecule has 0 aromatic rings. The van der Waals surface area contributed by atoms with E-state index in [0.717, 1.165) is 32.1 Å². The smallest absolute Gasteiger partial charge is 0.408 e. The van der Waals surface area contributed by atoms with Crippen LogP contribution >= 0.6 is 0 Å². The number of ether oxygens (including phenoxy) is 2. The maximum Gasteiger partial charge on any atom is 0.408 e. The van der Waals surface area contributed by atoms with Gasteiger partial charge in [0.15, 0.2) is 6.23 Å². The van der Waals surface area contributed by atoms with Crippen molar-refractivity contribution in [3.05, 3.63) is 0 Å². The summed E-state index contributed by atoms with van der Waals surface area (Å²) < 4.78 is 10.7. The number of carbonyl (C=O) groups is 3. The Labute approximate surface area is 162 Å². The molecule has 1 rings (SSSR count). The molecule has 2 amide bonds. The van der Waals surface area contributed by atoms with Gasteiger partial charge in [-0.1, -0.05) is 40.0 Å². The van der Waals surface area contributed by atoms with E-state index < -0.39 is 35.3 Å². The molecule has 2 atom stereocenters. The van der Waals surface area contributed by atoms with Gasteiger partial charge in [-0.3, -0.25) is 9.59 Å². The van der Waals surface area contributed by atoms with Gasteiger partial charge in [-0.15, -0.1) is 0 Å². The first-order valence-electron chi connectivity index (χ1n) is 9.76. The Hall–Kier alpha value is -1.79. The third-order valence-electron chi connectivity index (χ3n) is 4.44. The lowest BCUT2D eigenvalue weighted by molar-refractivity contribution is -0.154. The molecule has 2 unspecified atom stereocenters. The highest BCUT2D eigenvalue weighted by atomic mass is 16.6. The summed E-state index contributed by atoms with van der Waals surface area (Å²) in [7, 11) is 0. The number of amides is 2. The summed E-state index contributed by atoms with van der Waals surface area (Å²) in [4.78, 5) is 36.7. The van der Waals surface area contributed by atoms with E-state index in [1.165, 1.54) is 6.92 Å². The van der Waals surface area contributed by atoms with Crippen molar-refractivity contribution < 1.29 is 23.9 Å². The van der Waals surface area contributed by atoms with Gasteiger partial charge < -0.3 is 20.1 Å². The van der Waals surface area contributed by atoms with Crippen LogP contribution in [0, 0.1) is 11.3 Å². The average Bonchev–Trinajstić information content (AvgIpc) is 2.49. The molecule has 0 aliphatic heterocycles. The molecule has 1 fully saturated rings. The minimum Gasteiger partial charge on any atom is -0.444 e.